The predicted octanol–water partition coefficient (Wildman–Crippen LogP) is 5.32. The van der Waals surface area contributed by atoms with Gasteiger partial charge in [-0.05, 0) is 66.4 Å². The molecule has 0 saturated carbocycles. The van der Waals surface area contributed by atoms with Crippen LogP contribution in [-0.2, 0) is 28.7 Å². The van der Waals surface area contributed by atoms with Gasteiger partial charge in [-0.3, -0.25) is 4.79 Å². The normalized spacial score (nSPS) is 22.8. The van der Waals surface area contributed by atoms with Crippen LogP contribution in [0.3, 0.4) is 0 Å². The highest BCUT2D eigenvalue weighted by atomic mass is 19.4. The Kier molecular flexibility index (Phi) is 7.54. The van der Waals surface area contributed by atoms with Gasteiger partial charge in [0.1, 0.15) is 18.0 Å². The minimum absolute atomic E-state index is 0.000800. The summed E-state index contributed by atoms with van der Waals surface area (Å²) in [5.41, 5.74) is 3.12. The van der Waals surface area contributed by atoms with Gasteiger partial charge in [-0.1, -0.05) is 24.3 Å². The summed E-state index contributed by atoms with van der Waals surface area (Å²) < 4.78 is 50.7. The van der Waals surface area contributed by atoms with Gasteiger partial charge in [0, 0.05) is 35.9 Å². The topological polar surface area (TPSA) is 100 Å². The van der Waals surface area contributed by atoms with Crippen molar-refractivity contribution in [2.24, 2.45) is 0 Å². The highest BCUT2D eigenvalue weighted by Crippen LogP contribution is 2.47. The molecular formula is C31H30F3N3O5. The number of hydrogen-bond donors (Lipinski definition) is 3. The van der Waals surface area contributed by atoms with E-state index in [1.54, 1.807) is 18.2 Å². The number of nitrogens with one attached hydrogen (secondary N) is 2. The summed E-state index contributed by atoms with van der Waals surface area (Å²) in [6.07, 6.45) is -4.43. The van der Waals surface area contributed by atoms with Crippen LogP contribution in [0.5, 0.6) is 5.75 Å². The van der Waals surface area contributed by atoms with E-state index in [1.165, 1.54) is 17.7 Å². The molecule has 3 heterocycles. The molecule has 0 aliphatic carbocycles. The van der Waals surface area contributed by atoms with Crippen LogP contribution >= 0.6 is 0 Å². The number of aliphatic hydroxyl groups is 1. The average Bonchev–Trinajstić information content (AvgIpc) is 3.34. The molecule has 3 aliphatic heterocycles. The van der Waals surface area contributed by atoms with Gasteiger partial charge in [-0.25, -0.2) is 4.79 Å². The lowest BCUT2D eigenvalue weighted by Gasteiger charge is -2.38. The Morgan fingerprint density at radius 2 is 1.69 bits per heavy atom. The molecule has 3 aromatic carbocycles. The number of nitrogens with zero attached hydrogens (tertiary/aromatic N) is 1. The van der Waals surface area contributed by atoms with Crippen LogP contribution < -0.4 is 15.4 Å². The Bertz CT molecular complexity index is 1480. The fourth-order valence-corrected chi connectivity index (χ4v) is 6.04. The highest BCUT2D eigenvalue weighted by molar-refractivity contribution is 5.99. The summed E-state index contributed by atoms with van der Waals surface area (Å²) >= 11 is 0. The molecule has 11 heteroatoms. The van der Waals surface area contributed by atoms with Crippen LogP contribution in [0.1, 0.15) is 41.0 Å². The molecule has 0 radical (unpaired) electrons. The van der Waals surface area contributed by atoms with Gasteiger partial charge in [-0.15, -0.1) is 0 Å². The van der Waals surface area contributed by atoms with Crippen LogP contribution in [0.25, 0.3) is 0 Å². The fraction of sp³-hybridized carbons (Fsp3) is 0.355. The van der Waals surface area contributed by atoms with Crippen molar-refractivity contribution >= 4 is 23.3 Å². The standard InChI is InChI=1S/C31H30F3N3O5/c32-31(33,34)20-5-7-21(8-6-20)35-30(40)36-22-9-10-26-24(13-22)25-14-23(41-27(17-38)29(25)42-26)15-28(39)37-12-11-18-3-1-2-4-19(18)16-37/h1-10,13,23,25,27,29,38H,11-12,14-17H2,(H2,35,36,40)/t23-,25-,27+,29+/m1/s1. The molecular weight excluding hydrogens is 551 g/mol. The number of urea groups is 1. The molecule has 1 saturated heterocycles. The van der Waals surface area contributed by atoms with Crippen molar-refractivity contribution < 1.29 is 37.3 Å². The van der Waals surface area contributed by atoms with E-state index in [0.717, 1.165) is 29.7 Å². The van der Waals surface area contributed by atoms with Gasteiger partial charge in [-0.2, -0.15) is 13.2 Å². The molecule has 3 aromatic rings. The van der Waals surface area contributed by atoms with Crippen molar-refractivity contribution in [1.82, 2.24) is 4.90 Å². The molecule has 0 unspecified atom stereocenters. The first-order valence-corrected chi connectivity index (χ1v) is 13.8. The molecule has 0 spiro atoms. The molecule has 0 bridgehead atoms. The third kappa shape index (κ3) is 5.79. The van der Waals surface area contributed by atoms with E-state index in [0.29, 0.717) is 30.9 Å². The maximum Gasteiger partial charge on any atom is 0.416 e. The van der Waals surface area contributed by atoms with E-state index in [4.69, 9.17) is 9.47 Å². The highest BCUT2D eigenvalue weighted by Gasteiger charge is 2.46. The number of anilines is 2. The Labute approximate surface area is 240 Å². The first kappa shape index (κ1) is 28.0. The Morgan fingerprint density at radius 1 is 0.976 bits per heavy atom. The van der Waals surface area contributed by atoms with Crippen molar-refractivity contribution in [3.05, 3.63) is 89.0 Å². The number of rotatable bonds is 5. The second-order valence-corrected chi connectivity index (χ2v) is 10.8. The zero-order chi connectivity index (χ0) is 29.4. The number of ether oxygens (including phenoxy) is 2. The largest absolute Gasteiger partial charge is 0.487 e. The van der Waals surface area contributed by atoms with Crippen molar-refractivity contribution in [2.45, 2.75) is 56.2 Å². The number of aliphatic hydroxyl groups excluding tert-OH is 1. The molecule has 6 rings (SSSR count). The monoisotopic (exact) mass is 581 g/mol. The number of alkyl halides is 3. The first-order valence-electron chi connectivity index (χ1n) is 13.8. The number of carbonyl (C=O) groups excluding carboxylic acids is 2. The zero-order valence-corrected chi connectivity index (χ0v) is 22.6. The Balaban J connectivity index is 1.11. The number of halogens is 3. The summed E-state index contributed by atoms with van der Waals surface area (Å²) in [4.78, 5) is 27.7. The number of benzene rings is 3. The van der Waals surface area contributed by atoms with E-state index < -0.39 is 36.1 Å². The minimum Gasteiger partial charge on any atom is -0.487 e. The molecule has 3 N–H and O–H groups in total. The first-order chi connectivity index (χ1) is 20.2. The van der Waals surface area contributed by atoms with Gasteiger partial charge in [0.25, 0.3) is 0 Å². The van der Waals surface area contributed by atoms with Gasteiger partial charge >= 0.3 is 12.2 Å². The van der Waals surface area contributed by atoms with E-state index in [1.807, 2.05) is 23.1 Å². The fourth-order valence-electron chi connectivity index (χ4n) is 6.04. The van der Waals surface area contributed by atoms with Crippen molar-refractivity contribution in [2.75, 3.05) is 23.8 Å². The molecule has 42 heavy (non-hydrogen) atoms. The van der Waals surface area contributed by atoms with E-state index in [2.05, 4.69) is 16.7 Å². The van der Waals surface area contributed by atoms with Crippen LogP contribution in [0.4, 0.5) is 29.3 Å². The number of hydrogen-bond acceptors (Lipinski definition) is 5. The second-order valence-electron chi connectivity index (χ2n) is 10.8. The van der Waals surface area contributed by atoms with Crippen LogP contribution in [-0.4, -0.2) is 53.4 Å². The van der Waals surface area contributed by atoms with Gasteiger partial charge < -0.3 is 30.1 Å². The third-order valence-electron chi connectivity index (χ3n) is 8.11. The summed E-state index contributed by atoms with van der Waals surface area (Å²) in [5, 5.41) is 15.3. The molecule has 1 fully saturated rings. The van der Waals surface area contributed by atoms with Crippen molar-refractivity contribution in [1.29, 1.82) is 0 Å². The van der Waals surface area contributed by atoms with E-state index in [9.17, 15) is 27.9 Å². The van der Waals surface area contributed by atoms with E-state index >= 15 is 0 Å². The number of carbonyl (C=O) groups is 2. The molecule has 0 aromatic heterocycles. The lowest BCUT2D eigenvalue weighted by molar-refractivity contribution is -0.149. The zero-order valence-electron chi connectivity index (χ0n) is 22.6. The number of fused-ring (bicyclic) bond motifs is 4. The van der Waals surface area contributed by atoms with Crippen LogP contribution in [0.15, 0.2) is 66.7 Å². The molecule has 3 amide bonds. The molecule has 8 nitrogen and oxygen atoms in total. The minimum atomic E-state index is -4.46. The SMILES string of the molecule is O=C(Nc1ccc(C(F)(F)F)cc1)Nc1ccc2c(c1)[C@H]1C[C@H](CC(=O)N3CCc4ccccc4C3)O[C@@H](CO)[C@H]1O2. The Morgan fingerprint density at radius 3 is 2.43 bits per heavy atom. The number of amides is 3. The lowest BCUT2D eigenvalue weighted by Crippen LogP contribution is -2.48. The Hall–Kier alpha value is -4.09. The third-order valence-corrected chi connectivity index (χ3v) is 8.11. The predicted molar refractivity (Wildman–Crippen MR) is 148 cm³/mol. The smallest absolute Gasteiger partial charge is 0.416 e. The summed E-state index contributed by atoms with van der Waals surface area (Å²) in [5.74, 6) is 0.449. The van der Waals surface area contributed by atoms with Gasteiger partial charge in [0.15, 0.2) is 0 Å². The molecule has 3 aliphatic rings. The quantitative estimate of drug-likeness (QED) is 0.379. The van der Waals surface area contributed by atoms with Crippen LogP contribution in [0.2, 0.25) is 0 Å². The van der Waals surface area contributed by atoms with Crippen LogP contribution in [0, 0.1) is 0 Å². The molecule has 220 valence electrons. The summed E-state index contributed by atoms with van der Waals surface area (Å²) in [7, 11) is 0. The average molecular weight is 582 g/mol. The molecule has 4 atom stereocenters. The summed E-state index contributed by atoms with van der Waals surface area (Å²) in [6.45, 7) is 0.942. The summed E-state index contributed by atoms with van der Waals surface area (Å²) in [6, 6.07) is 16.8. The van der Waals surface area contributed by atoms with E-state index in [-0.39, 0.29) is 30.5 Å². The van der Waals surface area contributed by atoms with Crippen molar-refractivity contribution in [3.8, 4) is 5.75 Å². The maximum absolute atomic E-state index is 13.2. The van der Waals surface area contributed by atoms with Gasteiger partial charge in [0.05, 0.1) is 24.7 Å². The second kappa shape index (κ2) is 11.3. The van der Waals surface area contributed by atoms with Crippen molar-refractivity contribution in [3.63, 3.8) is 0 Å². The van der Waals surface area contributed by atoms with Gasteiger partial charge in [0.2, 0.25) is 5.91 Å². The lowest BCUT2D eigenvalue weighted by atomic mass is 9.84. The maximum atomic E-state index is 13.2.